The topological polar surface area (TPSA) is 81.1 Å². The highest BCUT2D eigenvalue weighted by Gasteiger charge is 2.14. The summed E-state index contributed by atoms with van der Waals surface area (Å²) in [5.74, 6) is -0.439. The quantitative estimate of drug-likeness (QED) is 0.723. The lowest BCUT2D eigenvalue weighted by Crippen LogP contribution is -2.14. The Hall–Kier alpha value is -2.64. The van der Waals surface area contributed by atoms with Crippen molar-refractivity contribution in [3.05, 3.63) is 71.5 Å². The number of halogens is 1. The summed E-state index contributed by atoms with van der Waals surface area (Å²) in [6, 6.07) is 14.8. The minimum absolute atomic E-state index is 0.00551. The van der Waals surface area contributed by atoms with E-state index in [0.717, 1.165) is 5.69 Å². The van der Waals surface area contributed by atoms with Crippen LogP contribution in [0.5, 0.6) is 0 Å². The number of carbonyl (C=O) groups excluding carboxylic acids is 1. The fourth-order valence-electron chi connectivity index (χ4n) is 2.34. The number of hydrogen-bond donors (Lipinski definition) is 1. The lowest BCUT2D eigenvalue weighted by molar-refractivity contribution is 0.102. The van der Waals surface area contributed by atoms with E-state index in [1.54, 1.807) is 54.2 Å². The Morgan fingerprint density at radius 3 is 2.65 bits per heavy atom. The number of anilines is 1. The number of carbonyl (C=O) groups is 1. The number of nitrogens with zero attached hydrogens (tertiary/aromatic N) is 2. The second-order valence-electron chi connectivity index (χ2n) is 5.51. The number of nitrogens with one attached hydrogen (secondary N) is 1. The molecule has 8 heteroatoms. The van der Waals surface area contributed by atoms with Gasteiger partial charge in [-0.2, -0.15) is 5.10 Å². The first-order valence-corrected chi connectivity index (χ1v) is 9.88. The smallest absolute Gasteiger partial charge is 0.276 e. The van der Waals surface area contributed by atoms with Crippen molar-refractivity contribution in [2.24, 2.45) is 0 Å². The summed E-state index contributed by atoms with van der Waals surface area (Å²) in [4.78, 5) is 12.6. The van der Waals surface area contributed by atoms with Crippen LogP contribution in [0, 0.1) is 0 Å². The molecule has 1 aromatic heterocycles. The predicted octanol–water partition coefficient (Wildman–Crippen LogP) is 3.57. The van der Waals surface area contributed by atoms with Crippen molar-refractivity contribution < 1.29 is 13.2 Å². The van der Waals surface area contributed by atoms with Crippen LogP contribution in [0.2, 0.25) is 5.02 Å². The molecule has 1 N–H and O–H groups in total. The zero-order valence-electron chi connectivity index (χ0n) is 13.9. The van der Waals surface area contributed by atoms with E-state index in [1.165, 1.54) is 12.1 Å². The fraction of sp³-hybridized carbons (Fsp3) is 0.111. The van der Waals surface area contributed by atoms with Gasteiger partial charge in [-0.15, -0.1) is 0 Å². The molecule has 0 saturated carbocycles. The van der Waals surface area contributed by atoms with Crippen LogP contribution in [0.15, 0.2) is 65.7 Å². The highest BCUT2D eigenvalue weighted by Crippen LogP contribution is 2.18. The van der Waals surface area contributed by atoms with Gasteiger partial charge in [0, 0.05) is 16.9 Å². The van der Waals surface area contributed by atoms with Gasteiger partial charge < -0.3 is 5.32 Å². The number of amides is 1. The Kier molecular flexibility index (Phi) is 5.11. The Morgan fingerprint density at radius 2 is 1.92 bits per heavy atom. The highest BCUT2D eigenvalue weighted by molar-refractivity contribution is 7.91. The van der Waals surface area contributed by atoms with Gasteiger partial charge in [-0.25, -0.2) is 13.1 Å². The number of benzene rings is 2. The Morgan fingerprint density at radius 1 is 1.15 bits per heavy atom. The summed E-state index contributed by atoms with van der Waals surface area (Å²) in [5, 5.41) is 7.47. The number of hydrogen-bond acceptors (Lipinski definition) is 4. The van der Waals surface area contributed by atoms with Crippen LogP contribution in [0.4, 0.5) is 5.69 Å². The standard InChI is InChI=1S/C18H16ClN3O3S/c1-2-26(24,25)16-8-4-6-14(12-16)20-18(23)17-9-10-22(21-17)15-7-3-5-13(19)11-15/h3-12H,2H2,1H3,(H,20,23). The Labute approximate surface area is 156 Å². The second-order valence-corrected chi connectivity index (χ2v) is 8.23. The molecule has 0 fully saturated rings. The summed E-state index contributed by atoms with van der Waals surface area (Å²) in [7, 11) is -3.34. The molecule has 1 amide bonds. The number of sulfone groups is 1. The summed E-state index contributed by atoms with van der Waals surface area (Å²) >= 11 is 5.97. The molecule has 6 nitrogen and oxygen atoms in total. The van der Waals surface area contributed by atoms with Gasteiger partial charge >= 0.3 is 0 Å². The zero-order chi connectivity index (χ0) is 18.7. The van der Waals surface area contributed by atoms with Gasteiger partial charge in [0.25, 0.3) is 5.91 Å². The van der Waals surface area contributed by atoms with E-state index in [4.69, 9.17) is 11.6 Å². The van der Waals surface area contributed by atoms with Crippen molar-refractivity contribution in [1.82, 2.24) is 9.78 Å². The molecular formula is C18H16ClN3O3S. The molecule has 0 atom stereocenters. The molecule has 3 aromatic rings. The minimum Gasteiger partial charge on any atom is -0.321 e. The van der Waals surface area contributed by atoms with Crippen LogP contribution in [0.1, 0.15) is 17.4 Å². The maximum Gasteiger partial charge on any atom is 0.276 e. The summed E-state index contributed by atoms with van der Waals surface area (Å²) in [6.45, 7) is 1.57. The van der Waals surface area contributed by atoms with Crippen LogP contribution in [0.25, 0.3) is 5.69 Å². The lowest BCUT2D eigenvalue weighted by atomic mass is 10.3. The molecule has 0 aliphatic rings. The molecule has 2 aromatic carbocycles. The van der Waals surface area contributed by atoms with E-state index >= 15 is 0 Å². The minimum atomic E-state index is -3.34. The van der Waals surface area contributed by atoms with Crippen molar-refractivity contribution in [3.63, 3.8) is 0 Å². The van der Waals surface area contributed by atoms with E-state index in [9.17, 15) is 13.2 Å². The van der Waals surface area contributed by atoms with Crippen LogP contribution in [-0.4, -0.2) is 29.9 Å². The van der Waals surface area contributed by atoms with E-state index in [1.807, 2.05) is 6.07 Å². The van der Waals surface area contributed by atoms with Gasteiger partial charge in [0.05, 0.1) is 16.3 Å². The molecule has 3 rings (SSSR count). The molecule has 0 saturated heterocycles. The average molecular weight is 390 g/mol. The van der Waals surface area contributed by atoms with Crippen molar-refractivity contribution in [3.8, 4) is 5.69 Å². The van der Waals surface area contributed by atoms with Crippen molar-refractivity contribution in [1.29, 1.82) is 0 Å². The molecular weight excluding hydrogens is 374 g/mol. The maximum atomic E-state index is 12.4. The van der Waals surface area contributed by atoms with Gasteiger partial charge in [-0.05, 0) is 42.5 Å². The normalized spacial score (nSPS) is 11.3. The van der Waals surface area contributed by atoms with Crippen molar-refractivity contribution in [2.45, 2.75) is 11.8 Å². The van der Waals surface area contributed by atoms with Gasteiger partial charge in [-0.1, -0.05) is 30.7 Å². The molecule has 0 spiro atoms. The molecule has 134 valence electrons. The third kappa shape index (κ3) is 3.95. The monoisotopic (exact) mass is 389 g/mol. The van der Waals surface area contributed by atoms with Crippen LogP contribution >= 0.6 is 11.6 Å². The second kappa shape index (κ2) is 7.31. The van der Waals surface area contributed by atoms with Gasteiger partial charge in [0.1, 0.15) is 0 Å². The zero-order valence-corrected chi connectivity index (χ0v) is 15.5. The Bertz CT molecular complexity index is 1060. The van der Waals surface area contributed by atoms with Crippen molar-refractivity contribution >= 4 is 33.0 Å². The van der Waals surface area contributed by atoms with Crippen molar-refractivity contribution in [2.75, 3.05) is 11.1 Å². The lowest BCUT2D eigenvalue weighted by Gasteiger charge is -2.06. The highest BCUT2D eigenvalue weighted by atomic mass is 35.5. The van der Waals surface area contributed by atoms with E-state index < -0.39 is 15.7 Å². The summed E-state index contributed by atoms with van der Waals surface area (Å²) < 4.78 is 25.5. The first-order chi connectivity index (χ1) is 12.4. The third-order valence-corrected chi connectivity index (χ3v) is 5.69. The van der Waals surface area contributed by atoms with Gasteiger partial charge in [-0.3, -0.25) is 4.79 Å². The first-order valence-electron chi connectivity index (χ1n) is 7.85. The van der Waals surface area contributed by atoms with Crippen LogP contribution in [-0.2, 0) is 9.84 Å². The Balaban J connectivity index is 1.80. The first kappa shape index (κ1) is 18.2. The van der Waals surface area contributed by atoms with Gasteiger partial charge in [0.15, 0.2) is 15.5 Å². The molecule has 0 radical (unpaired) electrons. The molecule has 0 unspecified atom stereocenters. The predicted molar refractivity (Wildman–Crippen MR) is 101 cm³/mol. The summed E-state index contributed by atoms with van der Waals surface area (Å²) in [5.41, 5.74) is 1.32. The molecule has 1 heterocycles. The number of rotatable bonds is 5. The maximum absolute atomic E-state index is 12.4. The number of aromatic nitrogens is 2. The third-order valence-electron chi connectivity index (χ3n) is 3.73. The summed E-state index contributed by atoms with van der Waals surface area (Å²) in [6.07, 6.45) is 1.65. The van der Waals surface area contributed by atoms with E-state index in [-0.39, 0.29) is 16.3 Å². The van der Waals surface area contributed by atoms with E-state index in [2.05, 4.69) is 10.4 Å². The average Bonchev–Trinajstić information content (AvgIpc) is 3.12. The van der Waals surface area contributed by atoms with Crippen LogP contribution < -0.4 is 5.32 Å². The van der Waals surface area contributed by atoms with E-state index in [0.29, 0.717) is 10.7 Å². The fourth-order valence-corrected chi connectivity index (χ4v) is 3.45. The SMILES string of the molecule is CCS(=O)(=O)c1cccc(NC(=O)c2ccn(-c3cccc(Cl)c3)n2)c1. The van der Waals surface area contributed by atoms with Gasteiger partial charge in [0.2, 0.25) is 0 Å². The molecule has 0 bridgehead atoms. The van der Waals surface area contributed by atoms with Crippen LogP contribution in [0.3, 0.4) is 0 Å². The molecule has 0 aliphatic heterocycles. The largest absolute Gasteiger partial charge is 0.321 e. The molecule has 0 aliphatic carbocycles. The molecule has 26 heavy (non-hydrogen) atoms.